The molecule has 2 heterocycles. The summed E-state index contributed by atoms with van der Waals surface area (Å²) in [4.78, 5) is 26.6. The number of anilines is 1. The van der Waals surface area contributed by atoms with Gasteiger partial charge < -0.3 is 19.9 Å². The van der Waals surface area contributed by atoms with E-state index in [9.17, 15) is 9.59 Å². The number of hydrogen-bond donors (Lipinski definition) is 1. The monoisotopic (exact) mass is 496 g/mol. The first kappa shape index (κ1) is 24.6. The van der Waals surface area contributed by atoms with Crippen LogP contribution >= 0.6 is 11.8 Å². The van der Waals surface area contributed by atoms with Crippen molar-refractivity contribution in [3.63, 3.8) is 0 Å². The maximum atomic E-state index is 12.9. The lowest BCUT2D eigenvalue weighted by Gasteiger charge is -2.15. The summed E-state index contributed by atoms with van der Waals surface area (Å²) in [6, 6.07) is 12.8. The molecule has 0 radical (unpaired) electrons. The topological polar surface area (TPSA) is 116 Å². The van der Waals surface area contributed by atoms with Crippen molar-refractivity contribution in [1.29, 1.82) is 0 Å². The van der Waals surface area contributed by atoms with E-state index in [2.05, 4.69) is 10.2 Å². The van der Waals surface area contributed by atoms with Gasteiger partial charge in [-0.15, -0.1) is 5.10 Å². The number of hydrogen-bond acceptors (Lipinski definition) is 8. The largest absolute Gasteiger partial charge is 0.494 e. The minimum absolute atomic E-state index is 0.0562. The van der Waals surface area contributed by atoms with Gasteiger partial charge in [0.2, 0.25) is 18.6 Å². The van der Waals surface area contributed by atoms with Crippen LogP contribution in [0.4, 0.5) is 5.69 Å². The van der Waals surface area contributed by atoms with Crippen molar-refractivity contribution in [3.8, 4) is 17.2 Å². The molecule has 0 unspecified atom stereocenters. The number of nitrogens with zero attached hydrogens (tertiary/aromatic N) is 3. The van der Waals surface area contributed by atoms with Gasteiger partial charge in [0.15, 0.2) is 16.7 Å². The van der Waals surface area contributed by atoms with Gasteiger partial charge in [0.1, 0.15) is 11.0 Å². The Labute approximate surface area is 208 Å². The lowest BCUT2D eigenvalue weighted by Crippen LogP contribution is -2.31. The third-order valence-electron chi connectivity index (χ3n) is 5.47. The molecule has 0 aliphatic carbocycles. The number of ether oxygens (including phenoxy) is 3. The second kappa shape index (κ2) is 11.3. The fourth-order valence-electron chi connectivity index (χ4n) is 3.65. The zero-order valence-corrected chi connectivity index (χ0v) is 20.5. The number of carbonyl (C=O) groups excluding carboxylic acids is 2. The highest BCUT2D eigenvalue weighted by molar-refractivity contribution is 8.14. The van der Waals surface area contributed by atoms with E-state index in [1.54, 1.807) is 24.3 Å². The van der Waals surface area contributed by atoms with Crippen LogP contribution in [0.5, 0.6) is 17.2 Å². The average molecular weight is 497 g/mol. The number of nitrogens with two attached hydrogens (primary N) is 1. The molecule has 2 amide bonds. The van der Waals surface area contributed by atoms with Gasteiger partial charge >= 0.3 is 0 Å². The molecule has 4 rings (SSSR count). The molecule has 1 fully saturated rings. The molecular formula is C25H28N4O5S. The molecule has 0 spiro atoms. The van der Waals surface area contributed by atoms with Gasteiger partial charge in [-0.05, 0) is 68.1 Å². The van der Waals surface area contributed by atoms with Crippen LogP contribution in [0.25, 0.3) is 0 Å². The third kappa shape index (κ3) is 6.13. The van der Waals surface area contributed by atoms with E-state index in [0.29, 0.717) is 24.5 Å². The Balaban J connectivity index is 1.31. The van der Waals surface area contributed by atoms with Crippen LogP contribution in [-0.2, 0) is 16.0 Å². The quantitative estimate of drug-likeness (QED) is 0.242. The number of fused-ring (bicyclic) bond motifs is 1. The maximum Gasteiger partial charge on any atom is 0.247 e. The molecule has 184 valence electrons. The molecule has 10 heteroatoms. The van der Waals surface area contributed by atoms with Crippen LogP contribution in [-0.4, -0.2) is 41.3 Å². The minimum Gasteiger partial charge on any atom is -0.494 e. The van der Waals surface area contributed by atoms with Gasteiger partial charge in [-0.2, -0.15) is 5.10 Å². The van der Waals surface area contributed by atoms with Crippen LogP contribution in [0.15, 0.2) is 52.7 Å². The zero-order valence-electron chi connectivity index (χ0n) is 19.7. The van der Waals surface area contributed by atoms with Gasteiger partial charge in [-0.25, -0.2) is 4.90 Å². The normalized spacial score (nSPS) is 17.9. The number of carbonyl (C=O) groups is 2. The smallest absolute Gasteiger partial charge is 0.247 e. The summed E-state index contributed by atoms with van der Waals surface area (Å²) < 4.78 is 16.3. The van der Waals surface area contributed by atoms with Crippen molar-refractivity contribution in [1.82, 2.24) is 0 Å². The Morgan fingerprint density at radius 2 is 1.91 bits per heavy atom. The third-order valence-corrected chi connectivity index (χ3v) is 6.44. The number of rotatable bonds is 9. The van der Waals surface area contributed by atoms with Crippen molar-refractivity contribution in [2.45, 2.75) is 44.8 Å². The van der Waals surface area contributed by atoms with Gasteiger partial charge in [0, 0.05) is 12.1 Å². The molecule has 2 aromatic carbocycles. The number of amides is 2. The van der Waals surface area contributed by atoms with Crippen LogP contribution < -0.4 is 24.8 Å². The number of imide groups is 1. The van der Waals surface area contributed by atoms with Crippen LogP contribution in [0.3, 0.4) is 0 Å². The Morgan fingerprint density at radius 1 is 1.14 bits per heavy atom. The molecule has 2 aliphatic rings. The van der Waals surface area contributed by atoms with Gasteiger partial charge in [0.25, 0.3) is 0 Å². The Bertz CT molecular complexity index is 1150. The Kier molecular flexibility index (Phi) is 7.91. The molecule has 2 N–H and O–H groups in total. The standard InChI is InChI=1S/C25H28N4O5S/c1-3-12-32-19-9-7-18(8-10-19)29-23(30)14-22(24(29)31)35-25(26)28-27-16(2)4-5-17-6-11-20-21(13-17)34-15-33-20/h6-11,13,22H,3-5,12,14-15H2,1-2H3,(H2,26,28)/t22-/m1/s1. The lowest BCUT2D eigenvalue weighted by molar-refractivity contribution is -0.121. The number of amidine groups is 1. The summed E-state index contributed by atoms with van der Waals surface area (Å²) in [5, 5.41) is 7.75. The van der Waals surface area contributed by atoms with Crippen molar-refractivity contribution in [3.05, 3.63) is 48.0 Å². The summed E-state index contributed by atoms with van der Waals surface area (Å²) in [5.41, 5.74) is 8.42. The van der Waals surface area contributed by atoms with E-state index >= 15 is 0 Å². The van der Waals surface area contributed by atoms with Gasteiger partial charge in [0.05, 0.1) is 12.3 Å². The number of thioether (sulfide) groups is 1. The Hall–Kier alpha value is -3.53. The van der Waals surface area contributed by atoms with Crippen LogP contribution in [0.2, 0.25) is 0 Å². The predicted molar refractivity (Wildman–Crippen MR) is 136 cm³/mol. The minimum atomic E-state index is -0.633. The van der Waals surface area contributed by atoms with E-state index in [4.69, 9.17) is 19.9 Å². The number of benzene rings is 2. The SMILES string of the molecule is CCCOc1ccc(N2C(=O)C[C@@H](SC(N)=NN=C(C)CCc3ccc4c(c3)OCO4)C2=O)cc1. The number of aryl methyl sites for hydroxylation is 1. The van der Waals surface area contributed by atoms with Crippen molar-refractivity contribution in [2.24, 2.45) is 15.9 Å². The predicted octanol–water partition coefficient (Wildman–Crippen LogP) is 3.89. The first-order chi connectivity index (χ1) is 16.9. The lowest BCUT2D eigenvalue weighted by atomic mass is 10.1. The zero-order chi connectivity index (χ0) is 24.8. The van der Waals surface area contributed by atoms with Gasteiger partial charge in [-0.1, -0.05) is 24.8 Å². The van der Waals surface area contributed by atoms with Crippen molar-refractivity contribution >= 4 is 40.1 Å². The molecule has 2 aliphatic heterocycles. The molecule has 35 heavy (non-hydrogen) atoms. The summed E-state index contributed by atoms with van der Waals surface area (Å²) in [7, 11) is 0. The summed E-state index contributed by atoms with van der Waals surface area (Å²) in [5.74, 6) is 1.62. The molecule has 9 nitrogen and oxygen atoms in total. The van der Waals surface area contributed by atoms with Crippen molar-refractivity contribution < 1.29 is 23.8 Å². The molecule has 0 aromatic heterocycles. The second-order valence-corrected chi connectivity index (χ2v) is 9.40. The highest BCUT2D eigenvalue weighted by atomic mass is 32.2. The maximum absolute atomic E-state index is 12.9. The molecule has 0 bridgehead atoms. The average Bonchev–Trinajstić information content (AvgIpc) is 3.43. The molecular weight excluding hydrogens is 468 g/mol. The molecule has 0 saturated carbocycles. The highest BCUT2D eigenvalue weighted by Gasteiger charge is 2.40. The van der Waals surface area contributed by atoms with Crippen LogP contribution in [0.1, 0.15) is 38.7 Å². The molecule has 1 atom stereocenters. The van der Waals surface area contributed by atoms with Crippen molar-refractivity contribution in [2.75, 3.05) is 18.3 Å². The van der Waals surface area contributed by atoms with E-state index < -0.39 is 5.25 Å². The van der Waals surface area contributed by atoms with E-state index in [-0.39, 0.29) is 30.2 Å². The molecule has 2 aromatic rings. The summed E-state index contributed by atoms with van der Waals surface area (Å²) in [6.45, 7) is 4.75. The highest BCUT2D eigenvalue weighted by Crippen LogP contribution is 2.33. The fraction of sp³-hybridized carbons (Fsp3) is 0.360. The Morgan fingerprint density at radius 3 is 2.69 bits per heavy atom. The van der Waals surface area contributed by atoms with E-state index in [1.165, 1.54) is 4.90 Å². The fourth-order valence-corrected chi connectivity index (χ4v) is 4.47. The summed E-state index contributed by atoms with van der Waals surface area (Å²) >= 11 is 1.06. The second-order valence-electron chi connectivity index (χ2n) is 8.18. The van der Waals surface area contributed by atoms with E-state index in [0.717, 1.165) is 47.4 Å². The molecule has 1 saturated heterocycles. The van der Waals surface area contributed by atoms with Gasteiger partial charge in [-0.3, -0.25) is 9.59 Å². The first-order valence-corrected chi connectivity index (χ1v) is 12.3. The van der Waals surface area contributed by atoms with E-state index in [1.807, 2.05) is 32.0 Å². The summed E-state index contributed by atoms with van der Waals surface area (Å²) in [6.07, 6.45) is 2.41. The van der Waals surface area contributed by atoms with Crippen LogP contribution in [0, 0.1) is 0 Å². The first-order valence-electron chi connectivity index (χ1n) is 11.5.